The molecule has 1 heterocycles. The first-order valence-electron chi connectivity index (χ1n) is 9.39. The van der Waals surface area contributed by atoms with E-state index in [2.05, 4.69) is 5.10 Å². The summed E-state index contributed by atoms with van der Waals surface area (Å²) in [5.41, 5.74) is 1.54. The van der Waals surface area contributed by atoms with Crippen molar-refractivity contribution in [2.24, 2.45) is 5.10 Å². The molecule has 0 aliphatic carbocycles. The van der Waals surface area contributed by atoms with Crippen molar-refractivity contribution in [3.63, 3.8) is 0 Å². The Kier molecular flexibility index (Phi) is 5.37. The number of carbonyl (C=O) groups excluding carboxylic acids is 1. The van der Waals surface area contributed by atoms with Crippen molar-refractivity contribution >= 4 is 27.2 Å². The number of nitrogens with zero attached hydrogens (tertiary/aromatic N) is 2. The van der Waals surface area contributed by atoms with Crippen molar-refractivity contribution in [2.75, 3.05) is 12.1 Å². The van der Waals surface area contributed by atoms with Gasteiger partial charge in [0.05, 0.1) is 23.4 Å². The fraction of sp³-hybridized carbons (Fsp3) is 0.130. The van der Waals surface area contributed by atoms with Crippen LogP contribution in [0, 0.1) is 0 Å². The van der Waals surface area contributed by atoms with Gasteiger partial charge in [-0.15, -0.1) is 0 Å². The largest absolute Gasteiger partial charge is 0.467 e. The van der Waals surface area contributed by atoms with Crippen LogP contribution in [0.5, 0.6) is 0 Å². The predicted octanol–water partition coefficient (Wildman–Crippen LogP) is 3.30. The van der Waals surface area contributed by atoms with Gasteiger partial charge in [0.25, 0.3) is 0 Å². The Morgan fingerprint density at radius 3 is 1.97 bits per heavy atom. The van der Waals surface area contributed by atoms with E-state index in [4.69, 9.17) is 4.74 Å². The third-order valence-electron chi connectivity index (χ3n) is 4.97. The molecule has 0 saturated heterocycles. The summed E-state index contributed by atoms with van der Waals surface area (Å²) in [5, 5.41) is 4.84. The van der Waals surface area contributed by atoms with Gasteiger partial charge in [-0.2, -0.15) is 5.10 Å². The molecule has 3 aromatic carbocycles. The number of sulfone groups is 1. The molecular weight excluding hydrogens is 400 g/mol. The van der Waals surface area contributed by atoms with E-state index in [1.807, 2.05) is 24.3 Å². The summed E-state index contributed by atoms with van der Waals surface area (Å²) in [6, 6.07) is 25.0. The van der Waals surface area contributed by atoms with Gasteiger partial charge in [0.1, 0.15) is 5.25 Å². The van der Waals surface area contributed by atoms with Crippen LogP contribution >= 0.6 is 0 Å². The van der Waals surface area contributed by atoms with Crippen LogP contribution in [-0.2, 0) is 19.4 Å². The van der Waals surface area contributed by atoms with E-state index in [1.54, 1.807) is 54.6 Å². The summed E-state index contributed by atoms with van der Waals surface area (Å²) in [6.07, 6.45) is 0. The maximum Gasteiger partial charge on any atom is 0.332 e. The first-order chi connectivity index (χ1) is 14.5. The lowest BCUT2D eigenvalue weighted by atomic mass is 10.0. The first kappa shape index (κ1) is 19.8. The van der Waals surface area contributed by atoms with Gasteiger partial charge in [-0.3, -0.25) is 0 Å². The first-order valence-corrected chi connectivity index (χ1v) is 10.9. The second-order valence-corrected chi connectivity index (χ2v) is 8.85. The molecule has 0 unspecified atom stereocenters. The normalized spacial score (nSPS) is 18.7. The maximum atomic E-state index is 13.7. The molecule has 30 heavy (non-hydrogen) atoms. The molecular formula is C23H20N2O4S. The smallest absolute Gasteiger partial charge is 0.332 e. The number of hydrogen-bond acceptors (Lipinski definition) is 6. The maximum absolute atomic E-state index is 13.7. The molecule has 0 spiro atoms. The molecule has 1 aliphatic rings. The molecule has 3 aromatic rings. The van der Waals surface area contributed by atoms with E-state index < -0.39 is 27.1 Å². The summed E-state index contributed by atoms with van der Waals surface area (Å²) in [4.78, 5) is 13.0. The van der Waals surface area contributed by atoms with Gasteiger partial charge in [0.15, 0.2) is 15.9 Å². The van der Waals surface area contributed by atoms with Crippen molar-refractivity contribution in [1.29, 1.82) is 0 Å². The van der Waals surface area contributed by atoms with E-state index in [9.17, 15) is 13.2 Å². The molecule has 0 saturated carbocycles. The van der Waals surface area contributed by atoms with Gasteiger partial charge < -0.3 is 4.74 Å². The highest BCUT2D eigenvalue weighted by atomic mass is 32.2. The van der Waals surface area contributed by atoms with Crippen LogP contribution in [0.1, 0.15) is 5.56 Å². The molecule has 0 N–H and O–H groups in total. The SMILES string of the molecule is COC(=O)[C@@H]1[C@@H](S(=O)(=O)c2ccccc2)C(c2ccccc2)=NN1c1ccccc1. The zero-order chi connectivity index (χ0) is 21.1. The van der Waals surface area contributed by atoms with Gasteiger partial charge in [0.2, 0.25) is 0 Å². The molecule has 4 rings (SSSR count). The van der Waals surface area contributed by atoms with Crippen molar-refractivity contribution in [2.45, 2.75) is 16.2 Å². The van der Waals surface area contributed by atoms with Crippen LogP contribution in [0.25, 0.3) is 0 Å². The minimum Gasteiger partial charge on any atom is -0.467 e. The van der Waals surface area contributed by atoms with Crippen molar-refractivity contribution in [3.8, 4) is 0 Å². The third kappa shape index (κ3) is 3.48. The molecule has 2 atom stereocenters. The van der Waals surface area contributed by atoms with Crippen LogP contribution in [0.3, 0.4) is 0 Å². The monoisotopic (exact) mass is 420 g/mol. The Morgan fingerprint density at radius 1 is 0.867 bits per heavy atom. The number of hydrazone groups is 1. The highest BCUT2D eigenvalue weighted by Gasteiger charge is 2.51. The second kappa shape index (κ2) is 8.12. The lowest BCUT2D eigenvalue weighted by Crippen LogP contribution is -2.48. The molecule has 0 amide bonds. The Morgan fingerprint density at radius 2 is 1.40 bits per heavy atom. The number of ether oxygens (including phenoxy) is 1. The molecule has 6 nitrogen and oxygen atoms in total. The number of methoxy groups -OCH3 is 1. The average molecular weight is 420 g/mol. The fourth-order valence-electron chi connectivity index (χ4n) is 3.56. The molecule has 7 heteroatoms. The van der Waals surface area contributed by atoms with Crippen LogP contribution in [0.4, 0.5) is 5.69 Å². The number of hydrogen-bond donors (Lipinski definition) is 0. The van der Waals surface area contributed by atoms with Gasteiger partial charge in [-0.25, -0.2) is 18.2 Å². The summed E-state index contributed by atoms with van der Waals surface area (Å²) in [7, 11) is -2.71. The van der Waals surface area contributed by atoms with Crippen LogP contribution in [-0.4, -0.2) is 38.5 Å². The molecule has 0 radical (unpaired) electrons. The Labute approximate surface area is 175 Å². The molecule has 152 valence electrons. The highest BCUT2D eigenvalue weighted by Crippen LogP contribution is 2.34. The molecule has 0 bridgehead atoms. The summed E-state index contributed by atoms with van der Waals surface area (Å²) in [6.45, 7) is 0. The van der Waals surface area contributed by atoms with Crippen LogP contribution in [0.15, 0.2) is 101 Å². The van der Waals surface area contributed by atoms with Gasteiger partial charge in [-0.05, 0) is 29.8 Å². The lowest BCUT2D eigenvalue weighted by Gasteiger charge is -2.25. The number of benzene rings is 3. The number of para-hydroxylation sites is 1. The van der Waals surface area contributed by atoms with Gasteiger partial charge in [-0.1, -0.05) is 66.7 Å². The zero-order valence-corrected chi connectivity index (χ0v) is 17.1. The molecule has 0 fully saturated rings. The minimum absolute atomic E-state index is 0.127. The number of anilines is 1. The van der Waals surface area contributed by atoms with Crippen LogP contribution in [0.2, 0.25) is 0 Å². The Balaban J connectivity index is 1.94. The molecule has 1 aliphatic heterocycles. The molecule has 0 aromatic heterocycles. The quantitative estimate of drug-likeness (QED) is 0.592. The number of rotatable bonds is 5. The fourth-order valence-corrected chi connectivity index (χ4v) is 5.43. The number of esters is 1. The van der Waals surface area contributed by atoms with Gasteiger partial charge >= 0.3 is 5.97 Å². The Bertz CT molecular complexity index is 1160. The second-order valence-electron chi connectivity index (χ2n) is 6.78. The zero-order valence-electron chi connectivity index (χ0n) is 16.3. The van der Waals surface area contributed by atoms with E-state index in [0.29, 0.717) is 17.0 Å². The Hall–Kier alpha value is -3.45. The topological polar surface area (TPSA) is 76.0 Å². The number of carbonyl (C=O) groups is 1. The van der Waals surface area contributed by atoms with Crippen LogP contribution < -0.4 is 5.01 Å². The lowest BCUT2D eigenvalue weighted by molar-refractivity contribution is -0.141. The van der Waals surface area contributed by atoms with E-state index >= 15 is 0 Å². The van der Waals surface area contributed by atoms with Crippen molar-refractivity contribution < 1.29 is 17.9 Å². The van der Waals surface area contributed by atoms with E-state index in [1.165, 1.54) is 24.3 Å². The minimum atomic E-state index is -3.95. The third-order valence-corrected chi connectivity index (χ3v) is 7.05. The van der Waals surface area contributed by atoms with Gasteiger partial charge in [0, 0.05) is 0 Å². The summed E-state index contributed by atoms with van der Waals surface area (Å²) in [5.74, 6) is -0.668. The standard InChI is InChI=1S/C23H20N2O4S/c1-29-23(26)21-22(30(27,28)19-15-9-4-10-16-19)20(17-11-5-2-6-12-17)24-25(21)18-13-7-3-8-14-18/h2-16,21-22H,1H3/t21-,22-/m0/s1. The highest BCUT2D eigenvalue weighted by molar-refractivity contribution is 7.93. The van der Waals surface area contributed by atoms with Crippen molar-refractivity contribution in [3.05, 3.63) is 96.6 Å². The summed E-state index contributed by atoms with van der Waals surface area (Å²) < 4.78 is 32.4. The average Bonchev–Trinajstić information content (AvgIpc) is 3.22. The van der Waals surface area contributed by atoms with E-state index in [0.717, 1.165) is 0 Å². The predicted molar refractivity (Wildman–Crippen MR) is 115 cm³/mol. The van der Waals surface area contributed by atoms with E-state index in [-0.39, 0.29) is 4.90 Å². The van der Waals surface area contributed by atoms with Crippen molar-refractivity contribution in [1.82, 2.24) is 0 Å². The summed E-state index contributed by atoms with van der Waals surface area (Å²) >= 11 is 0.